The number of nitrogens with zero attached hydrogens (tertiary/aromatic N) is 3. The van der Waals surface area contributed by atoms with Crippen molar-refractivity contribution in [1.29, 1.82) is 0 Å². The van der Waals surface area contributed by atoms with E-state index in [4.69, 9.17) is 0 Å². The predicted molar refractivity (Wildman–Crippen MR) is 127 cm³/mol. The number of nitro benzene ring substituents is 1. The Labute approximate surface area is 193 Å². The van der Waals surface area contributed by atoms with Crippen molar-refractivity contribution in [3.8, 4) is 0 Å². The Balaban J connectivity index is 1.31. The van der Waals surface area contributed by atoms with E-state index in [9.17, 15) is 19.7 Å². The van der Waals surface area contributed by atoms with Crippen molar-refractivity contribution >= 4 is 29.0 Å². The van der Waals surface area contributed by atoms with Crippen LogP contribution in [0.5, 0.6) is 0 Å². The maximum Gasteiger partial charge on any atom is 0.271 e. The SMILES string of the molecule is O=CC(=O)C1c2ccc([N+](=O)[O-])cc2NCN1CCCCN1CC=C(c2ccccc2)CC1. The van der Waals surface area contributed by atoms with Gasteiger partial charge in [-0.15, -0.1) is 0 Å². The van der Waals surface area contributed by atoms with Crippen molar-refractivity contribution in [3.05, 3.63) is 75.8 Å². The van der Waals surface area contributed by atoms with Crippen molar-refractivity contribution in [2.75, 3.05) is 38.2 Å². The van der Waals surface area contributed by atoms with Crippen LogP contribution in [0.3, 0.4) is 0 Å². The number of hydrogen-bond acceptors (Lipinski definition) is 7. The number of carbonyl (C=O) groups is 2. The Morgan fingerprint density at radius 2 is 1.94 bits per heavy atom. The van der Waals surface area contributed by atoms with E-state index in [2.05, 4.69) is 40.6 Å². The summed E-state index contributed by atoms with van der Waals surface area (Å²) in [6.45, 7) is 3.98. The lowest BCUT2D eigenvalue weighted by atomic mass is 9.97. The highest BCUT2D eigenvalue weighted by Gasteiger charge is 2.33. The van der Waals surface area contributed by atoms with E-state index in [1.807, 2.05) is 11.0 Å². The number of ketones is 1. The average Bonchev–Trinajstić information content (AvgIpc) is 2.86. The van der Waals surface area contributed by atoms with Crippen molar-refractivity contribution in [2.45, 2.75) is 25.3 Å². The molecule has 0 spiro atoms. The highest BCUT2D eigenvalue weighted by atomic mass is 16.6. The second kappa shape index (κ2) is 10.5. The zero-order valence-electron chi connectivity index (χ0n) is 18.5. The molecule has 8 heteroatoms. The van der Waals surface area contributed by atoms with Crippen LogP contribution in [0, 0.1) is 10.1 Å². The van der Waals surface area contributed by atoms with Gasteiger partial charge >= 0.3 is 0 Å². The van der Waals surface area contributed by atoms with E-state index in [-0.39, 0.29) is 5.69 Å². The molecule has 172 valence electrons. The molecule has 2 aliphatic heterocycles. The first-order valence-corrected chi connectivity index (χ1v) is 11.3. The van der Waals surface area contributed by atoms with Crippen LogP contribution >= 0.6 is 0 Å². The molecular formula is C25H28N4O4. The predicted octanol–water partition coefficient (Wildman–Crippen LogP) is 3.66. The first kappa shape index (κ1) is 22.8. The molecule has 0 saturated heterocycles. The molecule has 8 nitrogen and oxygen atoms in total. The van der Waals surface area contributed by atoms with E-state index in [1.165, 1.54) is 23.3 Å². The molecule has 2 aliphatic rings. The lowest BCUT2D eigenvalue weighted by Crippen LogP contribution is -2.42. The number of carbonyl (C=O) groups excluding carboxylic acids is 2. The summed E-state index contributed by atoms with van der Waals surface area (Å²) in [5.41, 5.74) is 3.80. The van der Waals surface area contributed by atoms with Gasteiger partial charge in [-0.1, -0.05) is 36.4 Å². The minimum atomic E-state index is -0.703. The Morgan fingerprint density at radius 1 is 1.15 bits per heavy atom. The molecule has 0 saturated carbocycles. The molecule has 33 heavy (non-hydrogen) atoms. The summed E-state index contributed by atoms with van der Waals surface area (Å²) in [6.07, 6.45) is 5.57. The van der Waals surface area contributed by atoms with Crippen LogP contribution in [0.4, 0.5) is 11.4 Å². The lowest BCUT2D eigenvalue weighted by molar-refractivity contribution is -0.384. The summed E-state index contributed by atoms with van der Waals surface area (Å²) in [6, 6.07) is 14.2. The zero-order chi connectivity index (χ0) is 23.2. The maximum absolute atomic E-state index is 12.4. The summed E-state index contributed by atoms with van der Waals surface area (Å²) < 4.78 is 0. The topological polar surface area (TPSA) is 95.8 Å². The normalized spacial score (nSPS) is 18.7. The summed E-state index contributed by atoms with van der Waals surface area (Å²) in [5, 5.41) is 14.2. The fourth-order valence-corrected chi connectivity index (χ4v) is 4.61. The van der Waals surface area contributed by atoms with E-state index in [0.717, 1.165) is 38.9 Å². The van der Waals surface area contributed by atoms with Crippen LogP contribution < -0.4 is 5.32 Å². The fourth-order valence-electron chi connectivity index (χ4n) is 4.61. The third-order valence-corrected chi connectivity index (χ3v) is 6.37. The molecule has 0 bridgehead atoms. The number of non-ortho nitro benzene ring substituents is 1. The number of unbranched alkanes of at least 4 members (excludes halogenated alkanes) is 1. The number of anilines is 1. The quantitative estimate of drug-likeness (QED) is 0.206. The van der Waals surface area contributed by atoms with Gasteiger partial charge in [-0.3, -0.25) is 29.5 Å². The number of aldehydes is 1. The van der Waals surface area contributed by atoms with Gasteiger partial charge in [-0.05, 0) is 43.0 Å². The first-order chi connectivity index (χ1) is 16.1. The number of benzene rings is 2. The van der Waals surface area contributed by atoms with Gasteiger partial charge in [0, 0.05) is 43.0 Å². The summed E-state index contributed by atoms with van der Waals surface area (Å²) in [4.78, 5) is 38.6. The lowest BCUT2D eigenvalue weighted by Gasteiger charge is -2.36. The highest BCUT2D eigenvalue weighted by molar-refractivity contribution is 6.27. The number of hydrogen-bond donors (Lipinski definition) is 1. The summed E-state index contributed by atoms with van der Waals surface area (Å²) in [7, 11) is 0. The molecular weight excluding hydrogens is 420 g/mol. The molecule has 2 aromatic rings. The highest BCUT2D eigenvalue weighted by Crippen LogP contribution is 2.35. The van der Waals surface area contributed by atoms with Gasteiger partial charge in [0.05, 0.1) is 11.6 Å². The Hall–Kier alpha value is -3.36. The van der Waals surface area contributed by atoms with Gasteiger partial charge in [-0.2, -0.15) is 0 Å². The van der Waals surface area contributed by atoms with Gasteiger partial charge in [0.2, 0.25) is 5.78 Å². The minimum absolute atomic E-state index is 0.0435. The van der Waals surface area contributed by atoms with E-state index >= 15 is 0 Å². The molecule has 0 aliphatic carbocycles. The van der Waals surface area contributed by atoms with Crippen LogP contribution in [-0.4, -0.2) is 59.6 Å². The number of nitro groups is 1. The molecule has 0 amide bonds. The maximum atomic E-state index is 12.4. The Kier molecular flexibility index (Phi) is 7.26. The number of nitrogens with one attached hydrogen (secondary N) is 1. The van der Waals surface area contributed by atoms with Crippen LogP contribution in [0.15, 0.2) is 54.6 Å². The average molecular weight is 449 g/mol. The van der Waals surface area contributed by atoms with Gasteiger partial charge in [-0.25, -0.2) is 0 Å². The molecule has 2 aromatic carbocycles. The molecule has 0 fully saturated rings. The smallest absolute Gasteiger partial charge is 0.271 e. The van der Waals surface area contributed by atoms with Crippen LogP contribution in [0.2, 0.25) is 0 Å². The standard InChI is InChI=1S/C25H28N4O4/c30-17-24(31)25-22-9-8-21(29(32)33)16-23(22)26-18-28(25)13-5-4-12-27-14-10-20(11-15-27)19-6-2-1-3-7-19/h1-3,6-10,16-17,25-26H,4-5,11-15,18H2. The van der Waals surface area contributed by atoms with E-state index in [1.54, 1.807) is 6.07 Å². The fraction of sp³-hybridized carbons (Fsp3) is 0.360. The van der Waals surface area contributed by atoms with Gasteiger partial charge < -0.3 is 5.32 Å². The molecule has 1 N–H and O–H groups in total. The van der Waals surface area contributed by atoms with Gasteiger partial charge in [0.15, 0.2) is 6.29 Å². The summed E-state index contributed by atoms with van der Waals surface area (Å²) in [5.74, 6) is -0.527. The Bertz CT molecular complexity index is 1050. The summed E-state index contributed by atoms with van der Waals surface area (Å²) >= 11 is 0. The van der Waals surface area contributed by atoms with E-state index in [0.29, 0.717) is 30.8 Å². The van der Waals surface area contributed by atoms with Crippen molar-refractivity contribution in [2.24, 2.45) is 0 Å². The van der Waals surface area contributed by atoms with E-state index < -0.39 is 16.7 Å². The van der Waals surface area contributed by atoms with Crippen molar-refractivity contribution < 1.29 is 14.5 Å². The van der Waals surface area contributed by atoms with Gasteiger partial charge in [0.1, 0.15) is 6.04 Å². The third-order valence-electron chi connectivity index (χ3n) is 6.37. The second-order valence-electron chi connectivity index (χ2n) is 8.45. The largest absolute Gasteiger partial charge is 0.372 e. The van der Waals surface area contributed by atoms with Crippen LogP contribution in [0.25, 0.3) is 5.57 Å². The van der Waals surface area contributed by atoms with Crippen LogP contribution in [-0.2, 0) is 9.59 Å². The monoisotopic (exact) mass is 448 g/mol. The van der Waals surface area contributed by atoms with Crippen LogP contribution in [0.1, 0.15) is 36.4 Å². The molecule has 0 radical (unpaired) electrons. The molecule has 1 atom stereocenters. The first-order valence-electron chi connectivity index (χ1n) is 11.3. The number of rotatable bonds is 9. The van der Waals surface area contributed by atoms with Crippen molar-refractivity contribution in [3.63, 3.8) is 0 Å². The minimum Gasteiger partial charge on any atom is -0.372 e. The molecule has 0 aromatic heterocycles. The third kappa shape index (κ3) is 5.35. The number of Topliss-reactive ketones (excluding diaryl/α,β-unsaturated/α-hetero) is 1. The molecule has 2 heterocycles. The second-order valence-corrected chi connectivity index (χ2v) is 8.45. The van der Waals surface area contributed by atoms with Gasteiger partial charge in [0.25, 0.3) is 5.69 Å². The Morgan fingerprint density at radius 3 is 2.64 bits per heavy atom. The zero-order valence-corrected chi connectivity index (χ0v) is 18.5. The molecule has 1 unspecified atom stereocenters. The van der Waals surface area contributed by atoms with Crippen molar-refractivity contribution in [1.82, 2.24) is 9.80 Å². The number of fused-ring (bicyclic) bond motifs is 1. The molecule has 4 rings (SSSR count).